The van der Waals surface area contributed by atoms with E-state index in [1.165, 1.54) is 31.2 Å². The van der Waals surface area contributed by atoms with Crippen LogP contribution in [0.15, 0.2) is 24.3 Å². The first-order valence-corrected chi connectivity index (χ1v) is 7.51. The van der Waals surface area contributed by atoms with Crippen LogP contribution in [0.1, 0.15) is 61.4 Å². The largest absolute Gasteiger partial charge is 0.396 e. The van der Waals surface area contributed by atoms with Crippen molar-refractivity contribution in [2.45, 2.75) is 45.4 Å². The van der Waals surface area contributed by atoms with Gasteiger partial charge < -0.3 is 10.4 Å². The number of benzene rings is 1. The lowest BCUT2D eigenvalue weighted by atomic mass is 9.94. The van der Waals surface area contributed by atoms with Gasteiger partial charge in [0, 0.05) is 24.1 Å². The highest BCUT2D eigenvalue weighted by atomic mass is 16.3. The van der Waals surface area contributed by atoms with E-state index in [1.54, 1.807) is 0 Å². The molecule has 1 aromatic carbocycles. The molecule has 0 aliphatic heterocycles. The van der Waals surface area contributed by atoms with E-state index in [4.69, 9.17) is 0 Å². The van der Waals surface area contributed by atoms with E-state index in [0.29, 0.717) is 18.0 Å². The van der Waals surface area contributed by atoms with Crippen LogP contribution in [0.3, 0.4) is 0 Å². The Morgan fingerprint density at radius 1 is 1.25 bits per heavy atom. The van der Waals surface area contributed by atoms with Crippen molar-refractivity contribution in [1.82, 2.24) is 5.32 Å². The van der Waals surface area contributed by atoms with Gasteiger partial charge >= 0.3 is 0 Å². The monoisotopic (exact) mass is 275 g/mol. The molecule has 0 aromatic heterocycles. The van der Waals surface area contributed by atoms with Crippen LogP contribution in [0.25, 0.3) is 0 Å². The molecule has 1 amide bonds. The zero-order valence-corrected chi connectivity index (χ0v) is 12.5. The summed E-state index contributed by atoms with van der Waals surface area (Å²) in [5, 5.41) is 12.1. The molecular formula is C17H25NO2. The summed E-state index contributed by atoms with van der Waals surface area (Å²) in [6.07, 6.45) is 5.19. The van der Waals surface area contributed by atoms with Crippen LogP contribution in [0.5, 0.6) is 0 Å². The van der Waals surface area contributed by atoms with Crippen LogP contribution in [0, 0.1) is 5.41 Å². The molecule has 0 bridgehead atoms. The Bertz CT molecular complexity index is 445. The van der Waals surface area contributed by atoms with Gasteiger partial charge in [-0.05, 0) is 36.5 Å². The molecule has 1 fully saturated rings. The summed E-state index contributed by atoms with van der Waals surface area (Å²) in [5.74, 6) is 0.616. The Kier molecular flexibility index (Phi) is 4.81. The number of hydrogen-bond donors (Lipinski definition) is 2. The fourth-order valence-corrected chi connectivity index (χ4v) is 2.64. The Morgan fingerprint density at radius 3 is 2.40 bits per heavy atom. The number of aliphatic hydroxyl groups is 1. The Balaban J connectivity index is 1.93. The number of carbonyl (C=O) groups is 1. The summed E-state index contributed by atoms with van der Waals surface area (Å²) >= 11 is 0. The summed E-state index contributed by atoms with van der Waals surface area (Å²) in [6, 6.07) is 7.99. The first-order valence-electron chi connectivity index (χ1n) is 7.51. The highest BCUT2D eigenvalue weighted by Crippen LogP contribution is 2.33. The lowest BCUT2D eigenvalue weighted by molar-refractivity contribution is 0.0911. The fraction of sp³-hybridized carbons (Fsp3) is 0.588. The molecule has 3 nitrogen and oxygen atoms in total. The summed E-state index contributed by atoms with van der Waals surface area (Å²) in [5.41, 5.74) is 1.77. The van der Waals surface area contributed by atoms with Crippen molar-refractivity contribution >= 4 is 5.91 Å². The molecule has 3 heteroatoms. The average Bonchev–Trinajstić information content (AvgIpc) is 2.99. The van der Waals surface area contributed by atoms with Gasteiger partial charge in [-0.1, -0.05) is 38.8 Å². The third-order valence-electron chi connectivity index (χ3n) is 4.15. The Morgan fingerprint density at radius 2 is 1.85 bits per heavy atom. The van der Waals surface area contributed by atoms with Crippen molar-refractivity contribution in [3.05, 3.63) is 35.4 Å². The molecule has 110 valence electrons. The van der Waals surface area contributed by atoms with E-state index in [0.717, 1.165) is 0 Å². The zero-order chi connectivity index (χ0) is 14.6. The maximum atomic E-state index is 12.0. The van der Waals surface area contributed by atoms with Gasteiger partial charge in [-0.3, -0.25) is 4.79 Å². The normalized spacial score (nSPS) is 16.4. The van der Waals surface area contributed by atoms with Crippen molar-refractivity contribution in [3.63, 3.8) is 0 Å². The first-order chi connectivity index (χ1) is 9.52. The maximum Gasteiger partial charge on any atom is 0.251 e. The molecule has 2 N–H and O–H groups in total. The van der Waals surface area contributed by atoms with Crippen molar-refractivity contribution < 1.29 is 9.90 Å². The van der Waals surface area contributed by atoms with Crippen LogP contribution in [0.4, 0.5) is 0 Å². The minimum absolute atomic E-state index is 0.0634. The number of aliphatic hydroxyl groups excluding tert-OH is 1. The van der Waals surface area contributed by atoms with Gasteiger partial charge in [0.05, 0.1) is 0 Å². The van der Waals surface area contributed by atoms with E-state index in [2.05, 4.69) is 17.4 Å². The average molecular weight is 275 g/mol. The molecular weight excluding hydrogens is 250 g/mol. The molecule has 20 heavy (non-hydrogen) atoms. The molecule has 0 spiro atoms. The second kappa shape index (κ2) is 6.40. The Hall–Kier alpha value is -1.35. The SMILES string of the molecule is CC(C)(CO)CNC(=O)c1ccc(C2CCCC2)cc1. The third kappa shape index (κ3) is 3.83. The molecule has 1 aliphatic rings. The molecule has 0 heterocycles. The third-order valence-corrected chi connectivity index (χ3v) is 4.15. The van der Waals surface area contributed by atoms with Crippen LogP contribution in [0.2, 0.25) is 0 Å². The smallest absolute Gasteiger partial charge is 0.251 e. The second-order valence-corrected chi connectivity index (χ2v) is 6.61. The molecule has 0 radical (unpaired) electrons. The van der Waals surface area contributed by atoms with Gasteiger partial charge in [-0.2, -0.15) is 0 Å². The van der Waals surface area contributed by atoms with Crippen molar-refractivity contribution in [3.8, 4) is 0 Å². The van der Waals surface area contributed by atoms with Crippen LogP contribution < -0.4 is 5.32 Å². The minimum Gasteiger partial charge on any atom is -0.396 e. The van der Waals surface area contributed by atoms with Crippen LogP contribution in [-0.4, -0.2) is 24.2 Å². The van der Waals surface area contributed by atoms with E-state index in [9.17, 15) is 9.90 Å². The summed E-state index contributed by atoms with van der Waals surface area (Å²) in [6.45, 7) is 4.40. The molecule has 0 unspecified atom stereocenters. The maximum absolute atomic E-state index is 12.0. The van der Waals surface area contributed by atoms with E-state index in [1.807, 2.05) is 26.0 Å². The van der Waals surface area contributed by atoms with Crippen molar-refractivity contribution in [2.75, 3.05) is 13.2 Å². The number of nitrogens with one attached hydrogen (secondary N) is 1. The van der Waals surface area contributed by atoms with Gasteiger partial charge in [0.1, 0.15) is 0 Å². The summed E-state index contributed by atoms with van der Waals surface area (Å²) < 4.78 is 0. The quantitative estimate of drug-likeness (QED) is 0.867. The molecule has 1 aromatic rings. The molecule has 1 aliphatic carbocycles. The van der Waals surface area contributed by atoms with Crippen molar-refractivity contribution in [1.29, 1.82) is 0 Å². The molecule has 0 saturated heterocycles. The Labute approximate surface area is 121 Å². The standard InChI is InChI=1S/C17H25NO2/c1-17(2,12-19)11-18-16(20)15-9-7-14(8-10-15)13-5-3-4-6-13/h7-10,13,19H,3-6,11-12H2,1-2H3,(H,18,20). The van der Waals surface area contributed by atoms with Crippen LogP contribution in [-0.2, 0) is 0 Å². The second-order valence-electron chi connectivity index (χ2n) is 6.61. The van der Waals surface area contributed by atoms with Crippen molar-refractivity contribution in [2.24, 2.45) is 5.41 Å². The minimum atomic E-state index is -0.278. The predicted molar refractivity (Wildman–Crippen MR) is 80.9 cm³/mol. The zero-order valence-electron chi connectivity index (χ0n) is 12.5. The van der Waals surface area contributed by atoms with E-state index >= 15 is 0 Å². The van der Waals surface area contributed by atoms with Gasteiger partial charge in [0.2, 0.25) is 0 Å². The number of carbonyl (C=O) groups excluding carboxylic acids is 1. The van der Waals surface area contributed by atoms with Gasteiger partial charge in [0.15, 0.2) is 0 Å². The van der Waals surface area contributed by atoms with Crippen LogP contribution >= 0.6 is 0 Å². The topological polar surface area (TPSA) is 49.3 Å². The van der Waals surface area contributed by atoms with Gasteiger partial charge in [0.25, 0.3) is 5.91 Å². The number of hydrogen-bond acceptors (Lipinski definition) is 2. The van der Waals surface area contributed by atoms with Gasteiger partial charge in [-0.15, -0.1) is 0 Å². The summed E-state index contributed by atoms with van der Waals surface area (Å²) in [7, 11) is 0. The molecule has 2 rings (SSSR count). The van der Waals surface area contributed by atoms with E-state index in [-0.39, 0.29) is 17.9 Å². The number of rotatable bonds is 5. The molecule has 1 saturated carbocycles. The predicted octanol–water partition coefficient (Wildman–Crippen LogP) is 3.09. The number of amides is 1. The molecule has 0 atom stereocenters. The first kappa shape index (κ1) is 15.0. The highest BCUT2D eigenvalue weighted by Gasteiger charge is 2.19. The lowest BCUT2D eigenvalue weighted by Gasteiger charge is -2.21. The summed E-state index contributed by atoms with van der Waals surface area (Å²) in [4.78, 5) is 12.0. The lowest BCUT2D eigenvalue weighted by Crippen LogP contribution is -2.36. The van der Waals surface area contributed by atoms with E-state index < -0.39 is 0 Å². The van der Waals surface area contributed by atoms with Gasteiger partial charge in [-0.25, -0.2) is 0 Å². The highest BCUT2D eigenvalue weighted by molar-refractivity contribution is 5.94. The fourth-order valence-electron chi connectivity index (χ4n) is 2.64.